The van der Waals surface area contributed by atoms with Crippen molar-refractivity contribution in [1.82, 2.24) is 25.3 Å². The van der Waals surface area contributed by atoms with Gasteiger partial charge in [-0.1, -0.05) is 26.8 Å². The molecule has 30 heavy (non-hydrogen) atoms. The van der Waals surface area contributed by atoms with E-state index in [9.17, 15) is 9.18 Å². The molecular weight excluding hydrogens is 383 g/mol. The van der Waals surface area contributed by atoms with Crippen molar-refractivity contribution in [3.05, 3.63) is 71.9 Å². The number of fused-ring (bicyclic) bond motifs is 1. The quantitative estimate of drug-likeness (QED) is 0.466. The average Bonchev–Trinajstić information content (AvgIpc) is 3.34. The molecule has 3 N–H and O–H groups in total. The van der Waals surface area contributed by atoms with E-state index in [1.54, 1.807) is 23.0 Å². The Labute approximate surface area is 173 Å². The number of aromatic amines is 1. The second kappa shape index (κ2) is 7.62. The molecule has 0 aliphatic rings. The molecule has 2 amide bonds. The van der Waals surface area contributed by atoms with Gasteiger partial charge in [-0.3, -0.25) is 5.10 Å². The lowest BCUT2D eigenvalue weighted by atomic mass is 9.92. The number of hydrogen-bond acceptors (Lipinski definition) is 3. The Morgan fingerprint density at radius 1 is 1.17 bits per heavy atom. The highest BCUT2D eigenvalue weighted by Crippen LogP contribution is 2.24. The first-order valence-corrected chi connectivity index (χ1v) is 9.63. The van der Waals surface area contributed by atoms with Crippen molar-refractivity contribution < 1.29 is 9.18 Å². The normalized spacial score (nSPS) is 11.6. The number of nitrogens with one attached hydrogen (secondary N) is 3. The highest BCUT2D eigenvalue weighted by Gasteiger charge is 2.21. The van der Waals surface area contributed by atoms with Crippen molar-refractivity contribution >= 4 is 22.6 Å². The van der Waals surface area contributed by atoms with E-state index in [2.05, 4.69) is 46.7 Å². The van der Waals surface area contributed by atoms with Gasteiger partial charge in [0.15, 0.2) is 0 Å². The zero-order valence-corrected chi connectivity index (χ0v) is 17.0. The minimum atomic E-state index is -0.340. The number of carbonyl (C=O) groups excluding carboxylic acids is 1. The second-order valence-electron chi connectivity index (χ2n) is 8.10. The standard InChI is InChI=1S/C22H23FN6O/c1-22(2,3)20-11-16(29(28-20)15-9-7-14(23)8-10-15)12-24-21(30)26-18-5-4-6-19-17(18)13-25-27-19/h4-11,13H,12H2,1-3H3,(H,25,27)(H2,24,26,30). The molecule has 0 saturated carbocycles. The Balaban J connectivity index is 1.54. The van der Waals surface area contributed by atoms with Crippen LogP contribution in [0.5, 0.6) is 0 Å². The van der Waals surface area contributed by atoms with Gasteiger partial charge >= 0.3 is 6.03 Å². The molecule has 0 aliphatic heterocycles. The summed E-state index contributed by atoms with van der Waals surface area (Å²) in [5, 5.41) is 18.1. The van der Waals surface area contributed by atoms with Gasteiger partial charge in [0.2, 0.25) is 0 Å². The molecule has 0 fully saturated rings. The van der Waals surface area contributed by atoms with E-state index in [1.807, 2.05) is 24.3 Å². The predicted octanol–water partition coefficient (Wildman–Crippen LogP) is 4.51. The Bertz CT molecular complexity index is 1190. The molecule has 154 valence electrons. The third-order valence-electron chi connectivity index (χ3n) is 4.79. The van der Waals surface area contributed by atoms with E-state index in [-0.39, 0.29) is 23.8 Å². The maximum Gasteiger partial charge on any atom is 0.319 e. The summed E-state index contributed by atoms with van der Waals surface area (Å²) in [6.07, 6.45) is 1.67. The van der Waals surface area contributed by atoms with Crippen molar-refractivity contribution in [2.45, 2.75) is 32.7 Å². The van der Waals surface area contributed by atoms with Crippen molar-refractivity contribution in [1.29, 1.82) is 0 Å². The molecule has 0 unspecified atom stereocenters. The Morgan fingerprint density at radius 2 is 1.93 bits per heavy atom. The van der Waals surface area contributed by atoms with Gasteiger partial charge in [-0.25, -0.2) is 13.9 Å². The number of carbonyl (C=O) groups is 1. The molecule has 2 aromatic carbocycles. The fourth-order valence-corrected chi connectivity index (χ4v) is 3.13. The first-order valence-electron chi connectivity index (χ1n) is 9.63. The van der Waals surface area contributed by atoms with E-state index in [4.69, 9.17) is 0 Å². The molecule has 0 radical (unpaired) electrons. The zero-order valence-electron chi connectivity index (χ0n) is 17.0. The summed E-state index contributed by atoms with van der Waals surface area (Å²) in [6, 6.07) is 13.3. The number of anilines is 1. The van der Waals surface area contributed by atoms with Crippen LogP contribution in [-0.4, -0.2) is 26.0 Å². The first kappa shape index (κ1) is 19.6. The SMILES string of the molecule is CC(C)(C)c1cc(CNC(=O)Nc2cccc3[nH]ncc23)n(-c2ccc(F)cc2)n1. The van der Waals surface area contributed by atoms with Gasteiger partial charge in [0.1, 0.15) is 5.82 Å². The molecule has 4 rings (SSSR count). The number of hydrogen-bond donors (Lipinski definition) is 3. The Morgan fingerprint density at radius 3 is 2.67 bits per heavy atom. The van der Waals surface area contributed by atoms with Crippen LogP contribution >= 0.6 is 0 Å². The average molecular weight is 406 g/mol. The fourth-order valence-electron chi connectivity index (χ4n) is 3.13. The predicted molar refractivity (Wildman–Crippen MR) is 114 cm³/mol. The van der Waals surface area contributed by atoms with E-state index in [0.29, 0.717) is 5.69 Å². The number of benzene rings is 2. The third-order valence-corrected chi connectivity index (χ3v) is 4.79. The molecule has 2 heterocycles. The minimum absolute atomic E-state index is 0.167. The van der Waals surface area contributed by atoms with Gasteiger partial charge in [-0.05, 0) is 42.5 Å². The van der Waals surface area contributed by atoms with Gasteiger partial charge in [0, 0.05) is 10.8 Å². The molecule has 2 aromatic heterocycles. The largest absolute Gasteiger partial charge is 0.332 e. The molecule has 0 bridgehead atoms. The van der Waals surface area contributed by atoms with Crippen LogP contribution in [0.2, 0.25) is 0 Å². The van der Waals surface area contributed by atoms with E-state index >= 15 is 0 Å². The molecule has 7 nitrogen and oxygen atoms in total. The third kappa shape index (κ3) is 4.03. The van der Waals surface area contributed by atoms with Crippen molar-refractivity contribution in [2.75, 3.05) is 5.32 Å². The number of urea groups is 1. The summed E-state index contributed by atoms with van der Waals surface area (Å²) in [5.74, 6) is -0.311. The Kier molecular flexibility index (Phi) is 4.99. The molecule has 0 atom stereocenters. The number of halogens is 1. The van der Waals surface area contributed by atoms with Crippen molar-refractivity contribution in [3.63, 3.8) is 0 Å². The lowest BCUT2D eigenvalue weighted by Crippen LogP contribution is -2.29. The smallest absolute Gasteiger partial charge is 0.319 e. The first-order chi connectivity index (χ1) is 14.3. The second-order valence-corrected chi connectivity index (χ2v) is 8.10. The van der Waals surface area contributed by atoms with Crippen LogP contribution in [0.1, 0.15) is 32.2 Å². The van der Waals surface area contributed by atoms with Gasteiger partial charge in [-0.2, -0.15) is 10.2 Å². The maximum atomic E-state index is 13.3. The van der Waals surface area contributed by atoms with Crippen LogP contribution in [0.25, 0.3) is 16.6 Å². The maximum absolute atomic E-state index is 13.3. The number of H-pyrrole nitrogens is 1. The fraction of sp³-hybridized carbons (Fsp3) is 0.227. The topological polar surface area (TPSA) is 87.6 Å². The van der Waals surface area contributed by atoms with Crippen LogP contribution in [0.15, 0.2) is 54.7 Å². The van der Waals surface area contributed by atoms with Crippen LogP contribution in [0, 0.1) is 5.82 Å². The zero-order chi connectivity index (χ0) is 21.3. The van der Waals surface area contributed by atoms with E-state index in [0.717, 1.165) is 28.0 Å². The summed E-state index contributed by atoms with van der Waals surface area (Å²) < 4.78 is 15.1. The molecular formula is C22H23FN6O. The number of amides is 2. The van der Waals surface area contributed by atoms with Crippen molar-refractivity contribution in [3.8, 4) is 5.69 Å². The van der Waals surface area contributed by atoms with Crippen molar-refractivity contribution in [2.24, 2.45) is 0 Å². The van der Waals surface area contributed by atoms with Crippen LogP contribution in [0.4, 0.5) is 14.9 Å². The molecule has 8 heteroatoms. The highest BCUT2D eigenvalue weighted by atomic mass is 19.1. The molecule has 0 spiro atoms. The summed E-state index contributed by atoms with van der Waals surface area (Å²) in [4.78, 5) is 12.5. The lowest BCUT2D eigenvalue weighted by molar-refractivity contribution is 0.251. The van der Waals surface area contributed by atoms with Gasteiger partial charge in [0.05, 0.1) is 41.0 Å². The number of rotatable bonds is 4. The highest BCUT2D eigenvalue weighted by molar-refractivity contribution is 6.00. The lowest BCUT2D eigenvalue weighted by Gasteiger charge is -2.14. The van der Waals surface area contributed by atoms with Gasteiger partial charge in [0.25, 0.3) is 0 Å². The Hall–Kier alpha value is -3.68. The monoisotopic (exact) mass is 406 g/mol. The van der Waals surface area contributed by atoms with E-state index < -0.39 is 0 Å². The van der Waals surface area contributed by atoms with Gasteiger partial charge in [-0.15, -0.1) is 0 Å². The summed E-state index contributed by atoms with van der Waals surface area (Å²) in [5.41, 5.74) is 3.75. The number of aromatic nitrogens is 4. The van der Waals surface area contributed by atoms with E-state index in [1.165, 1.54) is 12.1 Å². The minimum Gasteiger partial charge on any atom is -0.332 e. The van der Waals surface area contributed by atoms with Crippen LogP contribution in [-0.2, 0) is 12.0 Å². The summed E-state index contributed by atoms with van der Waals surface area (Å²) in [7, 11) is 0. The molecule has 0 aliphatic carbocycles. The van der Waals surface area contributed by atoms with Crippen LogP contribution in [0.3, 0.4) is 0 Å². The number of nitrogens with zero attached hydrogens (tertiary/aromatic N) is 3. The molecule has 0 saturated heterocycles. The summed E-state index contributed by atoms with van der Waals surface area (Å²) >= 11 is 0. The van der Waals surface area contributed by atoms with Gasteiger partial charge < -0.3 is 10.6 Å². The molecule has 4 aromatic rings. The van der Waals surface area contributed by atoms with Crippen LogP contribution < -0.4 is 10.6 Å². The summed E-state index contributed by atoms with van der Waals surface area (Å²) in [6.45, 7) is 6.47.